The zero-order valence-corrected chi connectivity index (χ0v) is 14.4. The Hall–Kier alpha value is -2.95. The van der Waals surface area contributed by atoms with E-state index in [9.17, 15) is 9.59 Å². The van der Waals surface area contributed by atoms with Gasteiger partial charge in [-0.3, -0.25) is 14.6 Å². The molecule has 1 N–H and O–H groups in total. The highest BCUT2D eigenvalue weighted by atomic mass is 16.2. The second kappa shape index (κ2) is 7.12. The number of hydrogen-bond acceptors (Lipinski definition) is 3. The highest BCUT2D eigenvalue weighted by Crippen LogP contribution is 2.51. The molecule has 0 radical (unpaired) electrons. The van der Waals surface area contributed by atoms with Gasteiger partial charge in [0.25, 0.3) is 5.91 Å². The summed E-state index contributed by atoms with van der Waals surface area (Å²) in [5.74, 6) is 1.55. The zero-order valence-electron chi connectivity index (χ0n) is 14.4. The molecule has 1 saturated heterocycles. The Bertz CT molecular complexity index is 808. The van der Waals surface area contributed by atoms with Gasteiger partial charge in [-0.15, -0.1) is 0 Å². The van der Waals surface area contributed by atoms with Crippen LogP contribution < -0.4 is 5.32 Å². The van der Waals surface area contributed by atoms with Crippen molar-refractivity contribution >= 4 is 17.9 Å². The minimum atomic E-state index is -0.0870. The molecule has 1 aliphatic heterocycles. The van der Waals surface area contributed by atoms with E-state index >= 15 is 0 Å². The van der Waals surface area contributed by atoms with E-state index in [0.717, 1.165) is 24.2 Å². The molecule has 2 aromatic rings. The smallest absolute Gasteiger partial charge is 0.253 e. The molecule has 5 heteroatoms. The highest BCUT2D eigenvalue weighted by Gasteiger charge is 2.56. The third-order valence-electron chi connectivity index (χ3n) is 5.30. The molecule has 1 unspecified atom stereocenters. The van der Waals surface area contributed by atoms with Crippen LogP contribution in [0.3, 0.4) is 0 Å². The number of carbonyl (C=O) groups excluding carboxylic acids is 2. The lowest BCUT2D eigenvalue weighted by Crippen LogP contribution is -2.33. The van der Waals surface area contributed by atoms with Crippen LogP contribution in [0, 0.1) is 17.8 Å². The second-order valence-corrected chi connectivity index (χ2v) is 6.93. The summed E-state index contributed by atoms with van der Waals surface area (Å²) in [4.78, 5) is 30.3. The number of pyridine rings is 1. The molecule has 0 spiro atoms. The van der Waals surface area contributed by atoms with Crippen molar-refractivity contribution in [2.75, 3.05) is 19.6 Å². The predicted octanol–water partition coefficient (Wildman–Crippen LogP) is 2.23. The maximum absolute atomic E-state index is 12.4. The highest BCUT2D eigenvalue weighted by molar-refractivity contribution is 5.94. The van der Waals surface area contributed by atoms with E-state index in [1.165, 1.54) is 0 Å². The number of fused-ring (bicyclic) bond motifs is 1. The van der Waals surface area contributed by atoms with E-state index in [1.54, 1.807) is 24.5 Å². The SMILES string of the molecule is O=C(/C=C/c1cccnc1)NCC1[C@H]2CN(C(=O)c3ccccc3)C[C@@H]12. The van der Waals surface area contributed by atoms with Gasteiger partial charge in [0.2, 0.25) is 5.91 Å². The van der Waals surface area contributed by atoms with E-state index in [0.29, 0.717) is 24.3 Å². The lowest BCUT2D eigenvalue weighted by Gasteiger charge is -2.20. The molecule has 2 fully saturated rings. The molecule has 26 heavy (non-hydrogen) atoms. The summed E-state index contributed by atoms with van der Waals surface area (Å²) in [5, 5.41) is 2.97. The van der Waals surface area contributed by atoms with Crippen LogP contribution in [0.25, 0.3) is 6.08 Å². The maximum Gasteiger partial charge on any atom is 0.253 e. The first-order valence-corrected chi connectivity index (χ1v) is 8.92. The van der Waals surface area contributed by atoms with E-state index in [-0.39, 0.29) is 11.8 Å². The Morgan fingerprint density at radius 1 is 1.12 bits per heavy atom. The number of amides is 2. The van der Waals surface area contributed by atoms with Crippen LogP contribution >= 0.6 is 0 Å². The van der Waals surface area contributed by atoms with Crippen LogP contribution in [0.15, 0.2) is 60.9 Å². The van der Waals surface area contributed by atoms with Crippen LogP contribution in [0.1, 0.15) is 15.9 Å². The van der Waals surface area contributed by atoms with Crippen molar-refractivity contribution in [1.82, 2.24) is 15.2 Å². The standard InChI is InChI=1S/C21H21N3O2/c25-20(9-8-15-5-4-10-22-11-15)23-12-17-18-13-24(14-19(17)18)21(26)16-6-2-1-3-7-16/h1-11,17-19H,12-14H2,(H,23,25)/b9-8+/t17?,18-,19+. The third-order valence-corrected chi connectivity index (χ3v) is 5.30. The molecule has 2 amide bonds. The fourth-order valence-corrected chi connectivity index (χ4v) is 3.81. The van der Waals surface area contributed by atoms with Crippen molar-refractivity contribution in [3.63, 3.8) is 0 Å². The van der Waals surface area contributed by atoms with Crippen molar-refractivity contribution in [3.8, 4) is 0 Å². The first-order valence-electron chi connectivity index (χ1n) is 8.92. The maximum atomic E-state index is 12.4. The van der Waals surface area contributed by atoms with Gasteiger partial charge in [0.05, 0.1) is 0 Å². The number of rotatable bonds is 5. The van der Waals surface area contributed by atoms with Gasteiger partial charge in [-0.25, -0.2) is 0 Å². The van der Waals surface area contributed by atoms with E-state index < -0.39 is 0 Å². The number of likely N-dealkylation sites (tertiary alicyclic amines) is 1. The summed E-state index contributed by atoms with van der Waals surface area (Å²) in [5.41, 5.74) is 1.65. The quantitative estimate of drug-likeness (QED) is 0.844. The summed E-state index contributed by atoms with van der Waals surface area (Å²) in [6.07, 6.45) is 6.72. The van der Waals surface area contributed by atoms with Crippen molar-refractivity contribution in [2.24, 2.45) is 17.8 Å². The van der Waals surface area contributed by atoms with Crippen molar-refractivity contribution in [2.45, 2.75) is 0 Å². The first kappa shape index (κ1) is 16.5. The Morgan fingerprint density at radius 3 is 2.58 bits per heavy atom. The molecule has 132 valence electrons. The van der Waals surface area contributed by atoms with E-state index in [4.69, 9.17) is 0 Å². The van der Waals surface area contributed by atoms with Gasteiger partial charge in [0, 0.05) is 43.7 Å². The summed E-state index contributed by atoms with van der Waals surface area (Å²) in [6.45, 7) is 2.27. The Labute approximate surface area is 152 Å². The van der Waals surface area contributed by atoms with Gasteiger partial charge in [0.1, 0.15) is 0 Å². The summed E-state index contributed by atoms with van der Waals surface area (Å²) >= 11 is 0. The fraction of sp³-hybridized carbons (Fsp3) is 0.286. The number of piperidine rings is 1. The largest absolute Gasteiger partial charge is 0.352 e. The number of benzene rings is 1. The zero-order chi connectivity index (χ0) is 17.9. The van der Waals surface area contributed by atoms with Gasteiger partial charge in [-0.05, 0) is 47.6 Å². The number of carbonyl (C=O) groups is 2. The molecule has 3 atom stereocenters. The van der Waals surface area contributed by atoms with Gasteiger partial charge >= 0.3 is 0 Å². The first-order chi connectivity index (χ1) is 12.7. The van der Waals surface area contributed by atoms with Crippen LogP contribution in [-0.4, -0.2) is 41.3 Å². The molecule has 1 aliphatic carbocycles. The van der Waals surface area contributed by atoms with Crippen LogP contribution in [0.4, 0.5) is 0 Å². The van der Waals surface area contributed by atoms with Crippen LogP contribution in [0.2, 0.25) is 0 Å². The number of nitrogens with one attached hydrogen (secondary N) is 1. The third kappa shape index (κ3) is 3.52. The number of hydrogen-bond donors (Lipinski definition) is 1. The summed E-state index contributed by atoms with van der Waals surface area (Å²) in [6, 6.07) is 13.2. The minimum Gasteiger partial charge on any atom is -0.352 e. The van der Waals surface area contributed by atoms with Crippen molar-refractivity contribution < 1.29 is 9.59 Å². The molecular formula is C21H21N3O2. The average Bonchev–Trinajstić information content (AvgIpc) is 3.14. The van der Waals surface area contributed by atoms with Crippen molar-refractivity contribution in [1.29, 1.82) is 0 Å². The Kier molecular flexibility index (Phi) is 4.52. The van der Waals surface area contributed by atoms with E-state index in [2.05, 4.69) is 10.3 Å². The predicted molar refractivity (Wildman–Crippen MR) is 99.1 cm³/mol. The molecule has 2 aliphatic rings. The molecule has 1 aromatic heterocycles. The summed E-state index contributed by atoms with van der Waals surface area (Å²) < 4.78 is 0. The van der Waals surface area contributed by atoms with E-state index in [1.807, 2.05) is 47.4 Å². The molecule has 2 heterocycles. The Morgan fingerprint density at radius 2 is 1.88 bits per heavy atom. The fourth-order valence-electron chi connectivity index (χ4n) is 3.81. The lowest BCUT2D eigenvalue weighted by molar-refractivity contribution is -0.116. The van der Waals surface area contributed by atoms with Crippen molar-refractivity contribution in [3.05, 3.63) is 72.1 Å². The molecule has 1 aromatic carbocycles. The van der Waals surface area contributed by atoms with Gasteiger partial charge in [-0.2, -0.15) is 0 Å². The van der Waals surface area contributed by atoms with Crippen LogP contribution in [-0.2, 0) is 4.79 Å². The van der Waals surface area contributed by atoms with Crippen LogP contribution in [0.5, 0.6) is 0 Å². The Balaban J connectivity index is 1.22. The summed E-state index contributed by atoms with van der Waals surface area (Å²) in [7, 11) is 0. The monoisotopic (exact) mass is 347 g/mol. The lowest BCUT2D eigenvalue weighted by atomic mass is 10.2. The van der Waals surface area contributed by atoms with Gasteiger partial charge in [-0.1, -0.05) is 24.3 Å². The van der Waals surface area contributed by atoms with Gasteiger partial charge < -0.3 is 10.2 Å². The molecular weight excluding hydrogens is 326 g/mol. The molecule has 5 nitrogen and oxygen atoms in total. The molecule has 4 rings (SSSR count). The minimum absolute atomic E-state index is 0.0870. The second-order valence-electron chi connectivity index (χ2n) is 6.93. The molecule has 1 saturated carbocycles. The number of aromatic nitrogens is 1. The number of nitrogens with zero attached hydrogens (tertiary/aromatic N) is 2. The normalized spacial score (nSPS) is 23.7. The van der Waals surface area contributed by atoms with Gasteiger partial charge in [0.15, 0.2) is 0 Å². The topological polar surface area (TPSA) is 62.3 Å². The average molecular weight is 347 g/mol. The molecule has 0 bridgehead atoms.